The highest BCUT2D eigenvalue weighted by molar-refractivity contribution is 5.95. The number of hydrogen-bond acceptors (Lipinski definition) is 4. The van der Waals surface area contributed by atoms with Crippen LogP contribution in [0.3, 0.4) is 0 Å². The lowest BCUT2D eigenvalue weighted by molar-refractivity contribution is -0.116. The fourth-order valence-corrected chi connectivity index (χ4v) is 2.45. The number of hydrogen-bond donors (Lipinski definition) is 2. The van der Waals surface area contributed by atoms with Crippen molar-refractivity contribution in [2.45, 2.75) is 33.1 Å². The van der Waals surface area contributed by atoms with E-state index in [1.165, 1.54) is 0 Å². The van der Waals surface area contributed by atoms with Crippen LogP contribution in [-0.4, -0.2) is 31.6 Å². The molecule has 2 amide bonds. The van der Waals surface area contributed by atoms with E-state index >= 15 is 0 Å². The Hall–Kier alpha value is -3.02. The molecule has 0 spiro atoms. The number of nitrogens with one attached hydrogen (secondary N) is 2. The summed E-state index contributed by atoms with van der Waals surface area (Å²) < 4.78 is 11.4. The summed E-state index contributed by atoms with van der Waals surface area (Å²) in [7, 11) is 0. The Morgan fingerprint density at radius 3 is 2.25 bits per heavy atom. The van der Waals surface area contributed by atoms with Crippen LogP contribution in [0.2, 0.25) is 0 Å². The van der Waals surface area contributed by atoms with Crippen LogP contribution < -0.4 is 20.1 Å². The SMILES string of the molecule is CCCOc1ccc(NC(=O)CCNC(=O)c2ccccc2)cc1OCCC. The molecule has 0 saturated carbocycles. The standard InChI is InChI=1S/C22H28N2O4/c1-3-14-27-19-11-10-18(16-20(19)28-15-4-2)24-21(25)12-13-23-22(26)17-8-6-5-7-9-17/h5-11,16H,3-4,12-15H2,1-2H3,(H,23,26)(H,24,25). The zero-order valence-electron chi connectivity index (χ0n) is 16.5. The fraction of sp³-hybridized carbons (Fsp3) is 0.364. The van der Waals surface area contributed by atoms with Gasteiger partial charge in [0.1, 0.15) is 0 Å². The van der Waals surface area contributed by atoms with Crippen LogP contribution in [0, 0.1) is 0 Å². The maximum Gasteiger partial charge on any atom is 0.251 e. The molecule has 0 aromatic heterocycles. The summed E-state index contributed by atoms with van der Waals surface area (Å²) in [6, 6.07) is 14.3. The van der Waals surface area contributed by atoms with Gasteiger partial charge in [0.15, 0.2) is 11.5 Å². The first-order valence-corrected chi connectivity index (χ1v) is 9.66. The maximum atomic E-state index is 12.2. The molecule has 2 aromatic rings. The summed E-state index contributed by atoms with van der Waals surface area (Å²) in [6.45, 7) is 5.51. The van der Waals surface area contributed by atoms with Gasteiger partial charge in [0.05, 0.1) is 13.2 Å². The smallest absolute Gasteiger partial charge is 0.251 e. The molecule has 2 N–H and O–H groups in total. The van der Waals surface area contributed by atoms with Crippen molar-refractivity contribution < 1.29 is 19.1 Å². The number of rotatable bonds is 11. The van der Waals surface area contributed by atoms with Gasteiger partial charge in [-0.1, -0.05) is 32.0 Å². The molecule has 0 saturated heterocycles. The van der Waals surface area contributed by atoms with Gasteiger partial charge in [0.2, 0.25) is 5.91 Å². The number of carbonyl (C=O) groups is 2. The van der Waals surface area contributed by atoms with Crippen LogP contribution in [0.5, 0.6) is 11.5 Å². The first kappa shape index (κ1) is 21.3. The first-order valence-electron chi connectivity index (χ1n) is 9.66. The number of ether oxygens (including phenoxy) is 2. The van der Waals surface area contributed by atoms with E-state index < -0.39 is 0 Å². The van der Waals surface area contributed by atoms with Gasteiger partial charge >= 0.3 is 0 Å². The Labute approximate surface area is 166 Å². The van der Waals surface area contributed by atoms with Gasteiger partial charge in [-0.15, -0.1) is 0 Å². The summed E-state index contributed by atoms with van der Waals surface area (Å²) in [5.74, 6) is 0.909. The second-order valence-electron chi connectivity index (χ2n) is 6.28. The van der Waals surface area contributed by atoms with Gasteiger partial charge < -0.3 is 20.1 Å². The van der Waals surface area contributed by atoms with E-state index in [0.717, 1.165) is 12.8 Å². The van der Waals surface area contributed by atoms with E-state index in [9.17, 15) is 9.59 Å². The lowest BCUT2D eigenvalue weighted by Crippen LogP contribution is -2.27. The fourth-order valence-electron chi connectivity index (χ4n) is 2.45. The molecule has 28 heavy (non-hydrogen) atoms. The molecule has 0 aliphatic carbocycles. The Morgan fingerprint density at radius 1 is 0.893 bits per heavy atom. The zero-order chi connectivity index (χ0) is 20.2. The predicted octanol–water partition coefficient (Wildman–Crippen LogP) is 4.02. The van der Waals surface area contributed by atoms with Crippen molar-refractivity contribution in [1.82, 2.24) is 5.32 Å². The van der Waals surface area contributed by atoms with Gasteiger partial charge in [-0.25, -0.2) is 0 Å². The van der Waals surface area contributed by atoms with Gasteiger partial charge in [0, 0.05) is 30.3 Å². The van der Waals surface area contributed by atoms with Crippen molar-refractivity contribution in [2.24, 2.45) is 0 Å². The highest BCUT2D eigenvalue weighted by atomic mass is 16.5. The van der Waals surface area contributed by atoms with E-state index in [1.54, 1.807) is 42.5 Å². The van der Waals surface area contributed by atoms with Crippen molar-refractivity contribution in [2.75, 3.05) is 25.1 Å². The highest BCUT2D eigenvalue weighted by Gasteiger charge is 2.10. The summed E-state index contributed by atoms with van der Waals surface area (Å²) in [4.78, 5) is 24.2. The largest absolute Gasteiger partial charge is 0.490 e. The van der Waals surface area contributed by atoms with E-state index in [1.807, 2.05) is 19.9 Å². The third kappa shape index (κ3) is 6.95. The quantitative estimate of drug-likeness (QED) is 0.613. The monoisotopic (exact) mass is 384 g/mol. The molecular formula is C22H28N2O4. The lowest BCUT2D eigenvalue weighted by atomic mass is 10.2. The molecule has 0 bridgehead atoms. The molecular weight excluding hydrogens is 356 g/mol. The van der Waals surface area contributed by atoms with E-state index in [0.29, 0.717) is 36.0 Å². The molecule has 0 radical (unpaired) electrons. The van der Waals surface area contributed by atoms with Gasteiger partial charge in [-0.05, 0) is 37.1 Å². The predicted molar refractivity (Wildman–Crippen MR) is 110 cm³/mol. The molecule has 0 aliphatic rings. The zero-order valence-corrected chi connectivity index (χ0v) is 16.5. The minimum Gasteiger partial charge on any atom is -0.490 e. The molecule has 0 fully saturated rings. The first-order chi connectivity index (χ1) is 13.6. The molecule has 2 rings (SSSR count). The van der Waals surface area contributed by atoms with Crippen LogP contribution in [0.25, 0.3) is 0 Å². The molecule has 0 aliphatic heterocycles. The Balaban J connectivity index is 1.87. The van der Waals surface area contributed by atoms with E-state index in [4.69, 9.17) is 9.47 Å². The van der Waals surface area contributed by atoms with Crippen LogP contribution in [0.1, 0.15) is 43.5 Å². The van der Waals surface area contributed by atoms with Gasteiger partial charge in [0.25, 0.3) is 5.91 Å². The summed E-state index contributed by atoms with van der Waals surface area (Å²) in [5.41, 5.74) is 1.21. The topological polar surface area (TPSA) is 76.7 Å². The van der Waals surface area contributed by atoms with Crippen molar-refractivity contribution in [3.8, 4) is 11.5 Å². The Morgan fingerprint density at radius 2 is 1.57 bits per heavy atom. The highest BCUT2D eigenvalue weighted by Crippen LogP contribution is 2.31. The minimum absolute atomic E-state index is 0.178. The second-order valence-corrected chi connectivity index (χ2v) is 6.28. The van der Waals surface area contributed by atoms with Crippen molar-refractivity contribution in [3.63, 3.8) is 0 Å². The summed E-state index contributed by atoms with van der Waals surface area (Å²) in [6.07, 6.45) is 1.96. The second kappa shape index (κ2) is 11.6. The van der Waals surface area contributed by atoms with Crippen molar-refractivity contribution in [3.05, 3.63) is 54.1 Å². The number of carbonyl (C=O) groups excluding carboxylic acids is 2. The molecule has 6 heteroatoms. The third-order valence-electron chi connectivity index (χ3n) is 3.82. The average molecular weight is 384 g/mol. The normalized spacial score (nSPS) is 10.2. The van der Waals surface area contributed by atoms with Crippen LogP contribution in [-0.2, 0) is 4.79 Å². The third-order valence-corrected chi connectivity index (χ3v) is 3.82. The molecule has 0 heterocycles. The van der Waals surface area contributed by atoms with E-state index in [2.05, 4.69) is 10.6 Å². The average Bonchev–Trinajstić information content (AvgIpc) is 2.72. The van der Waals surface area contributed by atoms with E-state index in [-0.39, 0.29) is 24.8 Å². The lowest BCUT2D eigenvalue weighted by Gasteiger charge is -2.14. The Kier molecular flexibility index (Phi) is 8.85. The summed E-state index contributed by atoms with van der Waals surface area (Å²) >= 11 is 0. The molecule has 0 unspecified atom stereocenters. The van der Waals surface area contributed by atoms with Crippen molar-refractivity contribution in [1.29, 1.82) is 0 Å². The van der Waals surface area contributed by atoms with Crippen LogP contribution in [0.15, 0.2) is 48.5 Å². The Bertz CT molecular complexity index is 762. The number of benzene rings is 2. The maximum absolute atomic E-state index is 12.2. The minimum atomic E-state index is -0.193. The van der Waals surface area contributed by atoms with Crippen molar-refractivity contribution >= 4 is 17.5 Å². The number of anilines is 1. The van der Waals surface area contributed by atoms with Crippen LogP contribution >= 0.6 is 0 Å². The summed E-state index contributed by atoms with van der Waals surface area (Å²) in [5, 5.41) is 5.57. The molecule has 150 valence electrons. The van der Waals surface area contributed by atoms with Gasteiger partial charge in [-0.2, -0.15) is 0 Å². The molecule has 6 nitrogen and oxygen atoms in total. The van der Waals surface area contributed by atoms with Crippen LogP contribution in [0.4, 0.5) is 5.69 Å². The molecule has 2 aromatic carbocycles. The number of amides is 2. The molecule has 0 atom stereocenters. The van der Waals surface area contributed by atoms with Gasteiger partial charge in [-0.3, -0.25) is 9.59 Å².